The van der Waals surface area contributed by atoms with Gasteiger partial charge < -0.3 is 0 Å². The third-order valence-corrected chi connectivity index (χ3v) is 1.12. The lowest BCUT2D eigenvalue weighted by Crippen LogP contribution is -2.43. The molecular formula is C6H5N2O3. The summed E-state index contributed by atoms with van der Waals surface area (Å²) in [6.45, 7) is -0.168. The highest BCUT2D eigenvalue weighted by molar-refractivity contribution is 6.12. The van der Waals surface area contributed by atoms with E-state index in [1.807, 2.05) is 0 Å². The monoisotopic (exact) mass is 153 g/mol. The van der Waals surface area contributed by atoms with E-state index in [0.29, 0.717) is 0 Å². The summed E-state index contributed by atoms with van der Waals surface area (Å²) < 4.78 is 0. The van der Waals surface area contributed by atoms with Crippen molar-refractivity contribution in [2.45, 2.75) is 0 Å². The zero-order chi connectivity index (χ0) is 8.27. The van der Waals surface area contributed by atoms with Gasteiger partial charge in [-0.25, -0.2) is 10.4 Å². The molecule has 5 heteroatoms. The van der Waals surface area contributed by atoms with Crippen molar-refractivity contribution in [1.29, 1.82) is 0 Å². The fraction of sp³-hybridized carbons (Fsp3) is 0.167. The minimum atomic E-state index is -0.467. The summed E-state index contributed by atoms with van der Waals surface area (Å²) >= 11 is 0. The Bertz CT molecular complexity index is 216. The van der Waals surface area contributed by atoms with Crippen LogP contribution in [0.1, 0.15) is 0 Å². The average Bonchev–Trinajstić information content (AvgIpc) is 2.29. The van der Waals surface area contributed by atoms with Crippen molar-refractivity contribution in [3.8, 4) is 0 Å². The van der Waals surface area contributed by atoms with Crippen molar-refractivity contribution in [3.63, 3.8) is 0 Å². The van der Waals surface area contributed by atoms with Crippen molar-refractivity contribution in [2.24, 2.45) is 0 Å². The molecule has 0 fully saturated rings. The number of nitrogens with one attached hydrogen (secondary N) is 1. The van der Waals surface area contributed by atoms with Gasteiger partial charge in [0.15, 0.2) is 0 Å². The lowest BCUT2D eigenvalue weighted by atomic mass is 10.6. The summed E-state index contributed by atoms with van der Waals surface area (Å²) in [6, 6.07) is 0. The number of amides is 2. The van der Waals surface area contributed by atoms with E-state index in [9.17, 15) is 14.4 Å². The van der Waals surface area contributed by atoms with Crippen molar-refractivity contribution in [1.82, 2.24) is 10.4 Å². The highest BCUT2D eigenvalue weighted by Gasteiger charge is 2.22. The van der Waals surface area contributed by atoms with E-state index in [1.54, 1.807) is 0 Å². The van der Waals surface area contributed by atoms with Crippen LogP contribution in [0.25, 0.3) is 0 Å². The van der Waals surface area contributed by atoms with Crippen LogP contribution in [0.5, 0.6) is 0 Å². The largest absolute Gasteiger partial charge is 0.289 e. The van der Waals surface area contributed by atoms with Gasteiger partial charge in [-0.15, -0.1) is 0 Å². The Labute approximate surface area is 62.6 Å². The number of imide groups is 1. The first-order chi connectivity index (χ1) is 5.25. The Balaban J connectivity index is 2.52. The van der Waals surface area contributed by atoms with Gasteiger partial charge in [-0.3, -0.25) is 14.4 Å². The number of carbonyl (C=O) groups excluding carboxylic acids is 3. The van der Waals surface area contributed by atoms with Crippen LogP contribution in [-0.4, -0.2) is 29.7 Å². The van der Waals surface area contributed by atoms with E-state index in [-0.39, 0.29) is 6.54 Å². The quantitative estimate of drug-likeness (QED) is 0.502. The van der Waals surface area contributed by atoms with Gasteiger partial charge in [-0.2, -0.15) is 0 Å². The van der Waals surface area contributed by atoms with Gasteiger partial charge in [0, 0.05) is 12.2 Å². The van der Waals surface area contributed by atoms with E-state index in [1.165, 1.54) is 6.29 Å². The summed E-state index contributed by atoms with van der Waals surface area (Å²) in [4.78, 5) is 31.2. The lowest BCUT2D eigenvalue weighted by Gasteiger charge is -2.11. The number of hydrogen-bond donors (Lipinski definition) is 1. The van der Waals surface area contributed by atoms with Crippen LogP contribution in [0, 0.1) is 0 Å². The molecule has 1 aliphatic rings. The van der Waals surface area contributed by atoms with Gasteiger partial charge in [0.1, 0.15) is 0 Å². The number of rotatable bonds is 3. The average molecular weight is 153 g/mol. The summed E-state index contributed by atoms with van der Waals surface area (Å²) in [6.07, 6.45) is 3.75. The van der Waals surface area contributed by atoms with Crippen LogP contribution in [-0.2, 0) is 14.4 Å². The fourth-order valence-electron chi connectivity index (χ4n) is 0.667. The standard InChI is InChI=1S/C6H5N2O3/c9-4-3-7-8-5(10)1-2-6(8)11/h1-2,7H,3H2. The van der Waals surface area contributed by atoms with Gasteiger partial charge in [-0.05, 0) is 0 Å². The molecule has 0 aromatic carbocycles. The van der Waals surface area contributed by atoms with Crippen LogP contribution >= 0.6 is 0 Å². The maximum atomic E-state index is 10.7. The normalized spacial score (nSPS) is 16.2. The topological polar surface area (TPSA) is 66.5 Å². The van der Waals surface area contributed by atoms with Gasteiger partial charge in [0.05, 0.1) is 6.54 Å². The van der Waals surface area contributed by atoms with Crippen molar-refractivity contribution in [2.75, 3.05) is 6.54 Å². The van der Waals surface area contributed by atoms with E-state index in [0.717, 1.165) is 17.2 Å². The second-order valence-electron chi connectivity index (χ2n) is 1.82. The molecule has 57 valence electrons. The first-order valence-corrected chi connectivity index (χ1v) is 2.90. The molecule has 2 amide bonds. The van der Waals surface area contributed by atoms with Crippen LogP contribution in [0.15, 0.2) is 12.2 Å². The summed E-state index contributed by atoms with van der Waals surface area (Å²) in [5.74, 6) is -0.935. The molecule has 0 spiro atoms. The molecule has 11 heavy (non-hydrogen) atoms. The molecule has 1 radical (unpaired) electrons. The van der Waals surface area contributed by atoms with E-state index >= 15 is 0 Å². The Kier molecular flexibility index (Phi) is 2.12. The zero-order valence-corrected chi connectivity index (χ0v) is 5.53. The Morgan fingerprint density at radius 1 is 1.36 bits per heavy atom. The van der Waals surface area contributed by atoms with Crippen LogP contribution in [0.2, 0.25) is 0 Å². The molecule has 0 unspecified atom stereocenters. The smallest absolute Gasteiger partial charge is 0.268 e. The van der Waals surface area contributed by atoms with Crippen molar-refractivity contribution < 1.29 is 14.4 Å². The molecule has 1 rings (SSSR count). The predicted molar refractivity (Wildman–Crippen MR) is 34.7 cm³/mol. The molecule has 0 saturated carbocycles. The molecule has 1 aliphatic heterocycles. The van der Waals surface area contributed by atoms with Crippen LogP contribution < -0.4 is 5.43 Å². The summed E-state index contributed by atoms with van der Waals surface area (Å²) in [7, 11) is 0. The highest BCUT2D eigenvalue weighted by atomic mass is 16.2. The first-order valence-electron chi connectivity index (χ1n) is 2.90. The predicted octanol–water partition coefficient (Wildman–Crippen LogP) is -1.47. The molecule has 1 heterocycles. The second kappa shape index (κ2) is 3.07. The minimum absolute atomic E-state index is 0.168. The van der Waals surface area contributed by atoms with Crippen molar-refractivity contribution >= 4 is 18.1 Å². The van der Waals surface area contributed by atoms with Gasteiger partial charge in [0.2, 0.25) is 6.29 Å². The Morgan fingerprint density at radius 2 is 1.91 bits per heavy atom. The Morgan fingerprint density at radius 3 is 2.36 bits per heavy atom. The van der Waals surface area contributed by atoms with Crippen LogP contribution in [0.4, 0.5) is 0 Å². The third-order valence-electron chi connectivity index (χ3n) is 1.12. The molecule has 0 bridgehead atoms. The Hall–Kier alpha value is -1.49. The number of carbonyl (C=O) groups is 2. The molecule has 0 aromatic heterocycles. The summed E-state index contributed by atoms with van der Waals surface area (Å²) in [5.41, 5.74) is 2.28. The fourth-order valence-corrected chi connectivity index (χ4v) is 0.667. The van der Waals surface area contributed by atoms with E-state index < -0.39 is 11.8 Å². The number of hydrogen-bond acceptors (Lipinski definition) is 4. The molecule has 5 nitrogen and oxygen atoms in total. The molecule has 1 N–H and O–H groups in total. The number of hydrazine groups is 1. The second-order valence-corrected chi connectivity index (χ2v) is 1.82. The number of nitrogens with zero attached hydrogens (tertiary/aromatic N) is 1. The van der Waals surface area contributed by atoms with E-state index in [4.69, 9.17) is 0 Å². The third kappa shape index (κ3) is 1.50. The first kappa shape index (κ1) is 7.62. The highest BCUT2D eigenvalue weighted by Crippen LogP contribution is 1.97. The van der Waals surface area contributed by atoms with Gasteiger partial charge >= 0.3 is 0 Å². The van der Waals surface area contributed by atoms with Crippen LogP contribution in [0.3, 0.4) is 0 Å². The SMILES string of the molecule is O=[C]CNN1C(=O)C=CC1=O. The van der Waals surface area contributed by atoms with E-state index in [2.05, 4.69) is 5.43 Å². The van der Waals surface area contributed by atoms with Crippen molar-refractivity contribution in [3.05, 3.63) is 12.2 Å². The molecule has 0 aliphatic carbocycles. The van der Waals surface area contributed by atoms with Gasteiger partial charge in [-0.1, -0.05) is 0 Å². The zero-order valence-electron chi connectivity index (χ0n) is 5.53. The lowest BCUT2D eigenvalue weighted by molar-refractivity contribution is -0.140. The molecular weight excluding hydrogens is 148 g/mol. The van der Waals surface area contributed by atoms with Gasteiger partial charge in [0.25, 0.3) is 11.8 Å². The maximum absolute atomic E-state index is 10.7. The maximum Gasteiger partial charge on any atom is 0.268 e. The molecule has 0 saturated heterocycles. The minimum Gasteiger partial charge on any atom is -0.289 e. The summed E-state index contributed by atoms with van der Waals surface area (Å²) in [5, 5.41) is 0.755. The molecule has 0 aromatic rings. The molecule has 0 atom stereocenters.